The van der Waals surface area contributed by atoms with Crippen molar-refractivity contribution in [2.24, 2.45) is 0 Å². The van der Waals surface area contributed by atoms with Crippen LogP contribution in [0.2, 0.25) is 5.02 Å². The molecular weight excluding hydrogens is 354 g/mol. The molecule has 0 aliphatic heterocycles. The average Bonchev–Trinajstić information content (AvgIpc) is 2.44. The Kier molecular flexibility index (Phi) is 5.09. The number of nitrogens with two attached hydrogens (primary N) is 1. The number of nitrogens with one attached hydrogen (secondary N) is 2. The van der Waals surface area contributed by atoms with Gasteiger partial charge < -0.3 is 16.4 Å². The van der Waals surface area contributed by atoms with Gasteiger partial charge in [0.25, 0.3) is 5.91 Å². The third kappa shape index (κ3) is 3.89. The van der Waals surface area contributed by atoms with Crippen LogP contribution in [0.15, 0.2) is 40.9 Å². The highest BCUT2D eigenvalue weighted by Crippen LogP contribution is 2.31. The smallest absolute Gasteiger partial charge is 0.251 e. The Labute approximate surface area is 136 Å². The molecule has 0 aliphatic carbocycles. The summed E-state index contributed by atoms with van der Waals surface area (Å²) in [6, 6.07) is 10.6. The van der Waals surface area contributed by atoms with Gasteiger partial charge >= 0.3 is 0 Å². The van der Waals surface area contributed by atoms with E-state index in [1.165, 1.54) is 0 Å². The average molecular weight is 369 g/mol. The van der Waals surface area contributed by atoms with Gasteiger partial charge in [-0.05, 0) is 43.3 Å². The topological polar surface area (TPSA) is 67.2 Å². The van der Waals surface area contributed by atoms with Gasteiger partial charge in [-0.1, -0.05) is 27.5 Å². The Morgan fingerprint density at radius 1 is 1.24 bits per heavy atom. The molecule has 21 heavy (non-hydrogen) atoms. The van der Waals surface area contributed by atoms with Crippen molar-refractivity contribution in [1.82, 2.24) is 5.32 Å². The molecule has 1 amide bonds. The molecule has 0 saturated carbocycles. The molecule has 0 spiro atoms. The molecule has 0 radical (unpaired) electrons. The summed E-state index contributed by atoms with van der Waals surface area (Å²) in [6.07, 6.45) is 0. The molecule has 4 nitrogen and oxygen atoms in total. The van der Waals surface area contributed by atoms with E-state index in [1.54, 1.807) is 24.3 Å². The fourth-order valence-electron chi connectivity index (χ4n) is 1.80. The third-order valence-corrected chi connectivity index (χ3v) is 3.66. The molecule has 110 valence electrons. The van der Waals surface area contributed by atoms with E-state index in [9.17, 15) is 4.79 Å². The van der Waals surface area contributed by atoms with Gasteiger partial charge in [-0.3, -0.25) is 4.79 Å². The molecule has 0 saturated heterocycles. The predicted molar refractivity (Wildman–Crippen MR) is 91.3 cm³/mol. The lowest BCUT2D eigenvalue weighted by atomic mass is 10.1. The highest BCUT2D eigenvalue weighted by atomic mass is 79.9. The van der Waals surface area contributed by atoms with Gasteiger partial charge in [0.15, 0.2) is 0 Å². The maximum absolute atomic E-state index is 11.9. The van der Waals surface area contributed by atoms with Gasteiger partial charge in [-0.2, -0.15) is 0 Å². The number of anilines is 3. The lowest BCUT2D eigenvalue weighted by molar-refractivity contribution is 0.0956. The monoisotopic (exact) mass is 367 g/mol. The van der Waals surface area contributed by atoms with Crippen LogP contribution >= 0.6 is 27.5 Å². The van der Waals surface area contributed by atoms with E-state index in [2.05, 4.69) is 26.6 Å². The van der Waals surface area contributed by atoms with Crippen LogP contribution in [0.3, 0.4) is 0 Å². The lowest BCUT2D eigenvalue weighted by Gasteiger charge is -2.12. The van der Waals surface area contributed by atoms with Crippen molar-refractivity contribution in [3.8, 4) is 0 Å². The van der Waals surface area contributed by atoms with Crippen molar-refractivity contribution >= 4 is 50.5 Å². The van der Waals surface area contributed by atoms with E-state index in [0.29, 0.717) is 28.5 Å². The Bertz CT molecular complexity index is 676. The van der Waals surface area contributed by atoms with Gasteiger partial charge in [0.05, 0.1) is 22.1 Å². The Balaban J connectivity index is 2.30. The van der Waals surface area contributed by atoms with Crippen LogP contribution in [0.1, 0.15) is 17.3 Å². The summed E-state index contributed by atoms with van der Waals surface area (Å²) < 4.78 is 0.891. The Hall–Kier alpha value is -1.72. The fourth-order valence-corrected chi connectivity index (χ4v) is 2.52. The molecule has 2 rings (SSSR count). The van der Waals surface area contributed by atoms with Crippen LogP contribution in [0.25, 0.3) is 0 Å². The highest BCUT2D eigenvalue weighted by Gasteiger charge is 2.09. The second-order valence-electron chi connectivity index (χ2n) is 4.41. The minimum absolute atomic E-state index is 0.137. The van der Waals surface area contributed by atoms with Crippen molar-refractivity contribution in [1.29, 1.82) is 0 Å². The largest absolute Gasteiger partial charge is 0.397 e. The summed E-state index contributed by atoms with van der Waals surface area (Å²) in [5, 5.41) is 6.46. The summed E-state index contributed by atoms with van der Waals surface area (Å²) in [5.41, 5.74) is 8.40. The number of halogens is 2. The molecule has 0 heterocycles. The maximum Gasteiger partial charge on any atom is 0.251 e. The van der Waals surface area contributed by atoms with Gasteiger partial charge in [0, 0.05) is 16.6 Å². The zero-order valence-corrected chi connectivity index (χ0v) is 13.8. The zero-order chi connectivity index (χ0) is 15.4. The van der Waals surface area contributed by atoms with E-state index in [0.717, 1.165) is 10.2 Å². The van der Waals surface area contributed by atoms with Crippen molar-refractivity contribution < 1.29 is 4.79 Å². The first-order valence-electron chi connectivity index (χ1n) is 6.41. The normalized spacial score (nSPS) is 10.2. The van der Waals surface area contributed by atoms with Crippen LogP contribution in [0.4, 0.5) is 17.1 Å². The molecule has 2 aromatic carbocycles. The van der Waals surface area contributed by atoms with Crippen LogP contribution < -0.4 is 16.4 Å². The van der Waals surface area contributed by atoms with Crippen molar-refractivity contribution in [3.05, 3.63) is 51.5 Å². The number of hydrogen-bond acceptors (Lipinski definition) is 3. The number of nitrogen functional groups attached to an aromatic ring is 1. The van der Waals surface area contributed by atoms with Crippen LogP contribution in [-0.4, -0.2) is 12.5 Å². The molecule has 2 aromatic rings. The summed E-state index contributed by atoms with van der Waals surface area (Å²) in [5.74, 6) is -0.137. The van der Waals surface area contributed by atoms with Crippen LogP contribution in [0.5, 0.6) is 0 Å². The molecule has 0 unspecified atom stereocenters. The van der Waals surface area contributed by atoms with Gasteiger partial charge in [0.2, 0.25) is 0 Å². The quantitative estimate of drug-likeness (QED) is 0.709. The molecule has 0 bridgehead atoms. The maximum atomic E-state index is 11.9. The van der Waals surface area contributed by atoms with Crippen molar-refractivity contribution in [3.63, 3.8) is 0 Å². The van der Waals surface area contributed by atoms with E-state index in [4.69, 9.17) is 17.3 Å². The second-order valence-corrected chi connectivity index (χ2v) is 5.73. The molecule has 0 aliphatic rings. The minimum Gasteiger partial charge on any atom is -0.397 e. The highest BCUT2D eigenvalue weighted by molar-refractivity contribution is 9.10. The molecule has 0 atom stereocenters. The first-order valence-corrected chi connectivity index (χ1v) is 7.58. The molecule has 4 N–H and O–H groups in total. The summed E-state index contributed by atoms with van der Waals surface area (Å²) in [6.45, 7) is 2.44. The standard InChI is InChI=1S/C15H15BrClN3O/c1-2-19-15(21)9-3-5-12(18)14(7-9)20-13-6-4-10(16)8-11(13)17/h3-8,20H,2,18H2,1H3,(H,19,21). The summed E-state index contributed by atoms with van der Waals surface area (Å²) in [4.78, 5) is 11.9. The second kappa shape index (κ2) is 6.83. The molecule has 6 heteroatoms. The van der Waals surface area contributed by atoms with E-state index >= 15 is 0 Å². The fraction of sp³-hybridized carbons (Fsp3) is 0.133. The molecule has 0 fully saturated rings. The molecule has 0 aromatic heterocycles. The number of hydrogen-bond donors (Lipinski definition) is 3. The first kappa shape index (κ1) is 15.7. The van der Waals surface area contributed by atoms with Gasteiger partial charge in [0.1, 0.15) is 0 Å². The van der Waals surface area contributed by atoms with Crippen LogP contribution in [0, 0.1) is 0 Å². The van der Waals surface area contributed by atoms with Crippen LogP contribution in [-0.2, 0) is 0 Å². The minimum atomic E-state index is -0.137. The number of carbonyl (C=O) groups is 1. The number of rotatable bonds is 4. The van der Waals surface area contributed by atoms with Gasteiger partial charge in [-0.25, -0.2) is 0 Å². The van der Waals surface area contributed by atoms with E-state index < -0.39 is 0 Å². The van der Waals surface area contributed by atoms with E-state index in [1.807, 2.05) is 19.1 Å². The van der Waals surface area contributed by atoms with E-state index in [-0.39, 0.29) is 5.91 Å². The predicted octanol–water partition coefficient (Wildman–Crippen LogP) is 4.18. The number of carbonyl (C=O) groups excluding carboxylic acids is 1. The summed E-state index contributed by atoms with van der Waals surface area (Å²) >= 11 is 9.53. The Morgan fingerprint density at radius 3 is 2.67 bits per heavy atom. The van der Waals surface area contributed by atoms with Gasteiger partial charge in [-0.15, -0.1) is 0 Å². The SMILES string of the molecule is CCNC(=O)c1ccc(N)c(Nc2ccc(Br)cc2Cl)c1. The van der Waals surface area contributed by atoms with Crippen molar-refractivity contribution in [2.75, 3.05) is 17.6 Å². The zero-order valence-electron chi connectivity index (χ0n) is 11.4. The number of amides is 1. The Morgan fingerprint density at radius 2 is 2.00 bits per heavy atom. The molecular formula is C15H15BrClN3O. The summed E-state index contributed by atoms with van der Waals surface area (Å²) in [7, 11) is 0. The first-order chi connectivity index (χ1) is 10.0. The van der Waals surface area contributed by atoms with Crippen molar-refractivity contribution in [2.45, 2.75) is 6.92 Å². The number of benzene rings is 2. The lowest BCUT2D eigenvalue weighted by Crippen LogP contribution is -2.22. The third-order valence-electron chi connectivity index (χ3n) is 2.85.